The van der Waals surface area contributed by atoms with Crippen molar-refractivity contribution in [2.24, 2.45) is 23.3 Å². The van der Waals surface area contributed by atoms with Crippen molar-refractivity contribution in [3.8, 4) is 0 Å². The molecule has 1 saturated carbocycles. The Bertz CT molecular complexity index is 438. The number of carbonyl (C=O) groups is 2. The van der Waals surface area contributed by atoms with Crippen LogP contribution in [-0.4, -0.2) is 17.0 Å². The SMILES string of the molecule is C[C@H](N)c1ccccc1.NC(=O)[C@@H]1CCCC[C@@H]1C(=O)O. The third kappa shape index (κ3) is 5.55. The summed E-state index contributed by atoms with van der Waals surface area (Å²) in [5.41, 5.74) is 11.9. The van der Waals surface area contributed by atoms with Crippen LogP contribution >= 0.6 is 0 Å². The van der Waals surface area contributed by atoms with Gasteiger partial charge in [-0.15, -0.1) is 0 Å². The topological polar surface area (TPSA) is 106 Å². The Kier molecular flexibility index (Phi) is 6.88. The van der Waals surface area contributed by atoms with Crippen LogP contribution in [0.15, 0.2) is 30.3 Å². The summed E-state index contributed by atoms with van der Waals surface area (Å²) in [5.74, 6) is -2.35. The Morgan fingerprint density at radius 1 is 1.14 bits per heavy atom. The Morgan fingerprint density at radius 2 is 1.67 bits per heavy atom. The van der Waals surface area contributed by atoms with Crippen LogP contribution in [0.25, 0.3) is 0 Å². The molecule has 0 unspecified atom stereocenters. The lowest BCUT2D eigenvalue weighted by atomic mass is 9.79. The second kappa shape index (κ2) is 8.42. The fourth-order valence-corrected chi connectivity index (χ4v) is 2.52. The van der Waals surface area contributed by atoms with Gasteiger partial charge in [-0.1, -0.05) is 43.2 Å². The first kappa shape index (κ1) is 17.2. The van der Waals surface area contributed by atoms with Gasteiger partial charge in [-0.2, -0.15) is 0 Å². The maximum atomic E-state index is 10.8. The van der Waals surface area contributed by atoms with Crippen LogP contribution in [0.4, 0.5) is 0 Å². The highest BCUT2D eigenvalue weighted by Crippen LogP contribution is 2.29. The van der Waals surface area contributed by atoms with Gasteiger partial charge < -0.3 is 16.6 Å². The van der Waals surface area contributed by atoms with Crippen molar-refractivity contribution >= 4 is 11.9 Å². The Labute approximate surface area is 125 Å². The molecule has 0 aliphatic heterocycles. The minimum atomic E-state index is -0.890. The number of nitrogens with two attached hydrogens (primary N) is 2. The van der Waals surface area contributed by atoms with Crippen molar-refractivity contribution in [1.82, 2.24) is 0 Å². The van der Waals surface area contributed by atoms with Gasteiger partial charge in [0, 0.05) is 6.04 Å². The number of carboxylic acid groups (broad SMARTS) is 1. The van der Waals surface area contributed by atoms with E-state index in [0.717, 1.165) is 12.8 Å². The number of aliphatic carboxylic acids is 1. The van der Waals surface area contributed by atoms with Crippen LogP contribution in [-0.2, 0) is 9.59 Å². The summed E-state index contributed by atoms with van der Waals surface area (Å²) >= 11 is 0. The first-order valence-corrected chi connectivity index (χ1v) is 7.26. The predicted octanol–water partition coefficient (Wildman–Crippen LogP) is 2.07. The summed E-state index contributed by atoms with van der Waals surface area (Å²) in [6, 6.07) is 10.2. The summed E-state index contributed by atoms with van der Waals surface area (Å²) in [4.78, 5) is 21.5. The molecule has 0 aromatic heterocycles. The van der Waals surface area contributed by atoms with Crippen LogP contribution in [0.2, 0.25) is 0 Å². The highest BCUT2D eigenvalue weighted by molar-refractivity contribution is 5.83. The third-order valence-electron chi connectivity index (χ3n) is 3.77. The molecule has 116 valence electrons. The molecule has 0 saturated heterocycles. The van der Waals surface area contributed by atoms with Crippen LogP contribution in [0.5, 0.6) is 0 Å². The minimum Gasteiger partial charge on any atom is -0.481 e. The van der Waals surface area contributed by atoms with Crippen LogP contribution in [0.3, 0.4) is 0 Å². The van der Waals surface area contributed by atoms with E-state index in [1.807, 2.05) is 37.3 Å². The Balaban J connectivity index is 0.000000219. The second-order valence-corrected chi connectivity index (χ2v) is 5.44. The molecule has 21 heavy (non-hydrogen) atoms. The summed E-state index contributed by atoms with van der Waals surface area (Å²) in [6.45, 7) is 1.98. The van der Waals surface area contributed by atoms with Gasteiger partial charge in [0.05, 0.1) is 11.8 Å². The number of carboxylic acids is 1. The smallest absolute Gasteiger partial charge is 0.307 e. The van der Waals surface area contributed by atoms with Crippen molar-refractivity contribution in [3.63, 3.8) is 0 Å². The van der Waals surface area contributed by atoms with Gasteiger partial charge >= 0.3 is 5.97 Å². The standard InChI is InChI=1S/C8H13NO3.C8H11N/c9-7(10)5-3-1-2-4-6(5)8(11)12;1-7(9)8-5-3-2-4-6-8/h5-6H,1-4H2,(H2,9,10)(H,11,12);2-7H,9H2,1H3/t5-,6+;7-/m10/s1. The lowest BCUT2D eigenvalue weighted by Crippen LogP contribution is -2.36. The van der Waals surface area contributed by atoms with Crippen molar-refractivity contribution in [3.05, 3.63) is 35.9 Å². The van der Waals surface area contributed by atoms with E-state index in [0.29, 0.717) is 12.8 Å². The number of hydrogen-bond donors (Lipinski definition) is 3. The van der Waals surface area contributed by atoms with Crippen molar-refractivity contribution < 1.29 is 14.7 Å². The molecule has 1 amide bonds. The molecule has 0 radical (unpaired) electrons. The number of primary amides is 1. The Hall–Kier alpha value is -1.88. The van der Waals surface area contributed by atoms with E-state index in [1.165, 1.54) is 5.56 Å². The molecule has 5 N–H and O–H groups in total. The molecule has 0 heterocycles. The molecule has 5 nitrogen and oxygen atoms in total. The van der Waals surface area contributed by atoms with Gasteiger partial charge in [0.25, 0.3) is 0 Å². The quantitative estimate of drug-likeness (QED) is 0.792. The molecule has 0 spiro atoms. The largest absolute Gasteiger partial charge is 0.481 e. The molecule has 1 aliphatic carbocycles. The zero-order valence-electron chi connectivity index (χ0n) is 12.4. The second-order valence-electron chi connectivity index (χ2n) is 5.44. The van der Waals surface area contributed by atoms with E-state index in [-0.39, 0.29) is 6.04 Å². The van der Waals surface area contributed by atoms with Gasteiger partial charge in [0.2, 0.25) is 5.91 Å². The van der Waals surface area contributed by atoms with Gasteiger partial charge in [-0.3, -0.25) is 9.59 Å². The molecule has 1 aliphatic rings. The summed E-state index contributed by atoms with van der Waals surface area (Å²) in [6.07, 6.45) is 3.02. The lowest BCUT2D eigenvalue weighted by molar-refractivity contribution is -0.148. The van der Waals surface area contributed by atoms with E-state index in [4.69, 9.17) is 16.6 Å². The molecule has 5 heteroatoms. The zero-order chi connectivity index (χ0) is 15.8. The molecule has 1 fully saturated rings. The molecule has 3 atom stereocenters. The molecule has 1 aromatic carbocycles. The highest BCUT2D eigenvalue weighted by atomic mass is 16.4. The predicted molar refractivity (Wildman–Crippen MR) is 81.3 cm³/mol. The van der Waals surface area contributed by atoms with E-state index >= 15 is 0 Å². The van der Waals surface area contributed by atoms with Gasteiger partial charge in [-0.25, -0.2) is 0 Å². The van der Waals surface area contributed by atoms with E-state index < -0.39 is 23.7 Å². The van der Waals surface area contributed by atoms with Gasteiger partial charge in [0.15, 0.2) is 0 Å². The van der Waals surface area contributed by atoms with Crippen molar-refractivity contribution in [1.29, 1.82) is 0 Å². The monoisotopic (exact) mass is 292 g/mol. The molecular formula is C16H24N2O3. The lowest BCUT2D eigenvalue weighted by Gasteiger charge is -2.25. The normalized spacial score (nSPS) is 22.6. The molecule has 1 aromatic rings. The van der Waals surface area contributed by atoms with E-state index in [1.54, 1.807) is 0 Å². The fraction of sp³-hybridized carbons (Fsp3) is 0.500. The summed E-state index contributed by atoms with van der Waals surface area (Å²) in [7, 11) is 0. The van der Waals surface area contributed by atoms with Crippen molar-refractivity contribution in [2.75, 3.05) is 0 Å². The minimum absolute atomic E-state index is 0.159. The summed E-state index contributed by atoms with van der Waals surface area (Å²) in [5, 5.41) is 8.75. The number of carbonyl (C=O) groups excluding carboxylic acids is 1. The van der Waals surface area contributed by atoms with Gasteiger partial charge in [0.1, 0.15) is 0 Å². The maximum Gasteiger partial charge on any atom is 0.307 e. The number of hydrogen-bond acceptors (Lipinski definition) is 3. The maximum absolute atomic E-state index is 10.8. The van der Waals surface area contributed by atoms with Crippen molar-refractivity contribution in [2.45, 2.75) is 38.6 Å². The van der Waals surface area contributed by atoms with E-state index in [2.05, 4.69) is 0 Å². The first-order chi connectivity index (χ1) is 9.93. The van der Waals surface area contributed by atoms with Crippen LogP contribution in [0, 0.1) is 11.8 Å². The third-order valence-corrected chi connectivity index (χ3v) is 3.77. The van der Waals surface area contributed by atoms with Crippen LogP contribution in [0.1, 0.15) is 44.2 Å². The molecular weight excluding hydrogens is 268 g/mol. The fourth-order valence-electron chi connectivity index (χ4n) is 2.52. The van der Waals surface area contributed by atoms with Crippen LogP contribution < -0.4 is 11.5 Å². The average molecular weight is 292 g/mol. The molecule has 0 bridgehead atoms. The average Bonchev–Trinajstić information content (AvgIpc) is 2.48. The van der Waals surface area contributed by atoms with E-state index in [9.17, 15) is 9.59 Å². The number of amides is 1. The molecule has 2 rings (SSSR count). The highest BCUT2D eigenvalue weighted by Gasteiger charge is 2.34. The number of rotatable bonds is 3. The first-order valence-electron chi connectivity index (χ1n) is 7.26. The zero-order valence-corrected chi connectivity index (χ0v) is 12.4. The number of benzene rings is 1. The summed E-state index contributed by atoms with van der Waals surface area (Å²) < 4.78 is 0. The van der Waals surface area contributed by atoms with Gasteiger partial charge in [-0.05, 0) is 25.3 Å². The Morgan fingerprint density at radius 3 is 2.00 bits per heavy atom.